The lowest BCUT2D eigenvalue weighted by Gasteiger charge is -2.27. The third kappa shape index (κ3) is 3.34. The van der Waals surface area contributed by atoms with Gasteiger partial charge in [-0.25, -0.2) is 4.98 Å². The largest absolute Gasteiger partial charge is 0.508 e. The maximum Gasteiger partial charge on any atom is 0.289 e. The highest BCUT2D eigenvalue weighted by molar-refractivity contribution is 6.06. The Morgan fingerprint density at radius 1 is 1.03 bits per heavy atom. The number of aromatic hydroxyl groups is 1. The van der Waals surface area contributed by atoms with Crippen molar-refractivity contribution in [2.75, 3.05) is 6.54 Å². The Hall–Kier alpha value is -4.00. The monoisotopic (exact) mass is 414 g/mol. The summed E-state index contributed by atoms with van der Waals surface area (Å²) in [4.78, 5) is 22.2. The van der Waals surface area contributed by atoms with Gasteiger partial charge < -0.3 is 24.7 Å². The van der Waals surface area contributed by atoms with Crippen LogP contribution in [0, 0.1) is 0 Å². The van der Waals surface area contributed by atoms with Crippen molar-refractivity contribution in [2.45, 2.75) is 19.0 Å². The minimum Gasteiger partial charge on any atom is -0.508 e. The van der Waals surface area contributed by atoms with E-state index in [1.807, 2.05) is 41.2 Å². The molecule has 1 aliphatic heterocycles. The Balaban J connectivity index is 1.55. The van der Waals surface area contributed by atoms with Crippen molar-refractivity contribution in [3.63, 3.8) is 0 Å². The Morgan fingerprint density at radius 3 is 2.61 bits per heavy atom. The van der Waals surface area contributed by atoms with Gasteiger partial charge in [-0.05, 0) is 30.2 Å². The van der Waals surface area contributed by atoms with E-state index in [1.54, 1.807) is 41.7 Å². The standard InChI is InChI=1S/C24H22N4O3/c29-17-8-6-16(7-9-17)21-22(19-14-26-20-5-2-1-4-18(19)20)28(24(31)23(21)30)12-3-11-27-13-10-25-15-27/h1-2,4-10,13-15,22,26,29-30H,3,11-12H2. The summed E-state index contributed by atoms with van der Waals surface area (Å²) in [5, 5.41) is 21.6. The zero-order valence-electron chi connectivity index (χ0n) is 16.8. The maximum atomic E-state index is 13.1. The highest BCUT2D eigenvalue weighted by atomic mass is 16.3. The van der Waals surface area contributed by atoms with Crippen molar-refractivity contribution in [3.8, 4) is 5.75 Å². The second-order valence-electron chi connectivity index (χ2n) is 7.65. The highest BCUT2D eigenvalue weighted by Crippen LogP contribution is 2.45. The molecule has 1 aliphatic rings. The quantitative estimate of drug-likeness (QED) is 0.444. The number of amides is 1. The molecule has 4 aromatic rings. The number of aromatic nitrogens is 3. The first-order valence-electron chi connectivity index (χ1n) is 10.2. The fourth-order valence-corrected chi connectivity index (χ4v) is 4.31. The van der Waals surface area contributed by atoms with Gasteiger partial charge in [-0.15, -0.1) is 0 Å². The number of rotatable bonds is 6. The molecule has 0 saturated carbocycles. The number of hydrogen-bond acceptors (Lipinski definition) is 4. The van der Waals surface area contributed by atoms with Crippen molar-refractivity contribution in [2.24, 2.45) is 0 Å². The van der Waals surface area contributed by atoms with Crippen molar-refractivity contribution in [1.29, 1.82) is 0 Å². The van der Waals surface area contributed by atoms with Crippen LogP contribution in [0.2, 0.25) is 0 Å². The predicted molar refractivity (Wildman–Crippen MR) is 117 cm³/mol. The van der Waals surface area contributed by atoms with Crippen LogP contribution in [0.5, 0.6) is 5.75 Å². The number of phenols is 1. The summed E-state index contributed by atoms with van der Waals surface area (Å²) in [6.07, 6.45) is 7.99. The molecule has 7 heteroatoms. The van der Waals surface area contributed by atoms with E-state index in [9.17, 15) is 15.0 Å². The molecule has 0 aliphatic carbocycles. The van der Waals surface area contributed by atoms with E-state index in [0.29, 0.717) is 17.7 Å². The molecule has 2 aromatic carbocycles. The lowest BCUT2D eigenvalue weighted by atomic mass is 9.93. The van der Waals surface area contributed by atoms with Gasteiger partial charge in [0.25, 0.3) is 5.91 Å². The number of imidazole rings is 1. The minimum atomic E-state index is -0.434. The molecule has 1 unspecified atom stereocenters. The molecule has 0 fully saturated rings. The molecule has 0 radical (unpaired) electrons. The lowest BCUT2D eigenvalue weighted by Crippen LogP contribution is -2.31. The molecule has 3 heterocycles. The zero-order chi connectivity index (χ0) is 21.4. The number of carbonyl (C=O) groups excluding carboxylic acids is 1. The molecule has 2 aromatic heterocycles. The third-order valence-corrected chi connectivity index (χ3v) is 5.77. The van der Waals surface area contributed by atoms with Crippen LogP contribution in [0.15, 0.2) is 79.2 Å². The summed E-state index contributed by atoms with van der Waals surface area (Å²) in [5.74, 6) is -0.499. The average molecular weight is 414 g/mol. The summed E-state index contributed by atoms with van der Waals surface area (Å²) in [6.45, 7) is 1.20. The first kappa shape index (κ1) is 19.0. The number of H-pyrrole nitrogens is 1. The molecule has 156 valence electrons. The van der Waals surface area contributed by atoms with Crippen LogP contribution in [0.4, 0.5) is 0 Å². The number of aromatic amines is 1. The van der Waals surface area contributed by atoms with Gasteiger partial charge >= 0.3 is 0 Å². The number of nitrogens with one attached hydrogen (secondary N) is 1. The van der Waals surface area contributed by atoms with E-state index < -0.39 is 6.04 Å². The highest BCUT2D eigenvalue weighted by Gasteiger charge is 2.41. The topological polar surface area (TPSA) is 94.4 Å². The second kappa shape index (κ2) is 7.68. The molecule has 5 rings (SSSR count). The Morgan fingerprint density at radius 2 is 1.84 bits per heavy atom. The van der Waals surface area contributed by atoms with Gasteiger partial charge in [-0.2, -0.15) is 0 Å². The van der Waals surface area contributed by atoms with Crippen LogP contribution < -0.4 is 0 Å². The van der Waals surface area contributed by atoms with Crippen molar-refractivity contribution in [1.82, 2.24) is 19.4 Å². The van der Waals surface area contributed by atoms with Crippen LogP contribution in [0.3, 0.4) is 0 Å². The van der Waals surface area contributed by atoms with Crippen molar-refractivity contribution in [3.05, 3.63) is 90.3 Å². The van der Waals surface area contributed by atoms with Gasteiger partial charge in [0.1, 0.15) is 5.75 Å². The molecule has 1 atom stereocenters. The predicted octanol–water partition coefficient (Wildman–Crippen LogP) is 4.01. The maximum absolute atomic E-state index is 13.1. The Bertz CT molecular complexity index is 1260. The first-order chi connectivity index (χ1) is 15.1. The van der Waals surface area contributed by atoms with E-state index in [-0.39, 0.29) is 17.4 Å². The number of para-hydroxylation sites is 1. The molecule has 7 nitrogen and oxygen atoms in total. The zero-order valence-corrected chi connectivity index (χ0v) is 16.8. The normalized spacial score (nSPS) is 16.6. The molecule has 0 spiro atoms. The van der Waals surface area contributed by atoms with E-state index in [0.717, 1.165) is 29.4 Å². The van der Waals surface area contributed by atoms with Crippen LogP contribution in [-0.4, -0.2) is 42.1 Å². The fourth-order valence-electron chi connectivity index (χ4n) is 4.31. The SMILES string of the molecule is O=C1C(O)=C(c2ccc(O)cc2)C(c2c[nH]c3ccccc23)N1CCCn1ccnc1. The average Bonchev–Trinajstić information content (AvgIpc) is 3.50. The molecule has 1 amide bonds. The van der Waals surface area contributed by atoms with Crippen LogP contribution in [0.1, 0.15) is 23.6 Å². The van der Waals surface area contributed by atoms with Crippen molar-refractivity contribution < 1.29 is 15.0 Å². The first-order valence-corrected chi connectivity index (χ1v) is 10.2. The molecule has 31 heavy (non-hydrogen) atoms. The van der Waals surface area contributed by atoms with Gasteiger partial charge in [-0.3, -0.25) is 4.79 Å². The number of aliphatic hydroxyl groups is 1. The van der Waals surface area contributed by atoms with Crippen LogP contribution >= 0.6 is 0 Å². The van der Waals surface area contributed by atoms with E-state index >= 15 is 0 Å². The molecular formula is C24H22N4O3. The summed E-state index contributed by atoms with van der Waals surface area (Å²) in [6, 6.07) is 14.1. The van der Waals surface area contributed by atoms with E-state index in [4.69, 9.17) is 0 Å². The van der Waals surface area contributed by atoms with Crippen LogP contribution in [0.25, 0.3) is 16.5 Å². The van der Waals surface area contributed by atoms with E-state index in [1.165, 1.54) is 0 Å². The number of hydrogen-bond donors (Lipinski definition) is 3. The number of aliphatic hydroxyl groups excluding tert-OH is 1. The number of phenolic OH excluding ortho intramolecular Hbond substituents is 1. The van der Waals surface area contributed by atoms with Crippen LogP contribution in [-0.2, 0) is 11.3 Å². The smallest absolute Gasteiger partial charge is 0.289 e. The summed E-state index contributed by atoms with van der Waals surface area (Å²) in [5.41, 5.74) is 3.16. The van der Waals surface area contributed by atoms with Gasteiger partial charge in [0, 0.05) is 53.7 Å². The van der Waals surface area contributed by atoms with Crippen molar-refractivity contribution >= 4 is 22.4 Å². The Kier molecular flexibility index (Phi) is 4.71. The summed E-state index contributed by atoms with van der Waals surface area (Å²) < 4.78 is 1.97. The third-order valence-electron chi connectivity index (χ3n) is 5.77. The number of nitrogens with zero attached hydrogens (tertiary/aromatic N) is 3. The van der Waals surface area contributed by atoms with Gasteiger partial charge in [0.15, 0.2) is 5.76 Å². The van der Waals surface area contributed by atoms with Gasteiger partial charge in [-0.1, -0.05) is 30.3 Å². The summed E-state index contributed by atoms with van der Waals surface area (Å²) >= 11 is 0. The number of aryl methyl sites for hydroxylation is 1. The fraction of sp³-hybridized carbons (Fsp3) is 0.167. The summed E-state index contributed by atoms with van der Waals surface area (Å²) in [7, 11) is 0. The van der Waals surface area contributed by atoms with Gasteiger partial charge in [0.05, 0.1) is 12.4 Å². The molecule has 0 saturated heterocycles. The lowest BCUT2D eigenvalue weighted by molar-refractivity contribution is -0.129. The number of carbonyl (C=O) groups is 1. The molecule has 3 N–H and O–H groups in total. The second-order valence-corrected chi connectivity index (χ2v) is 7.65. The molecule has 0 bridgehead atoms. The number of fused-ring (bicyclic) bond motifs is 1. The molecular weight excluding hydrogens is 392 g/mol. The van der Waals surface area contributed by atoms with E-state index in [2.05, 4.69) is 9.97 Å². The minimum absolute atomic E-state index is 0.133. The number of benzene rings is 2. The van der Waals surface area contributed by atoms with Gasteiger partial charge in [0.2, 0.25) is 0 Å². The Labute approximate surface area is 178 Å².